The fourth-order valence-corrected chi connectivity index (χ4v) is 3.51. The first-order chi connectivity index (χ1) is 11.8. The van der Waals surface area contributed by atoms with Gasteiger partial charge in [0.15, 0.2) is 0 Å². The summed E-state index contributed by atoms with van der Waals surface area (Å²) in [5.74, 6) is 0.0694. The number of para-hydroxylation sites is 1. The number of hydrogen-bond donors (Lipinski definition) is 0. The lowest BCUT2D eigenvalue weighted by Gasteiger charge is -2.27. The van der Waals surface area contributed by atoms with E-state index in [9.17, 15) is 4.79 Å². The summed E-state index contributed by atoms with van der Waals surface area (Å²) >= 11 is 1.73. The van der Waals surface area contributed by atoms with Crippen LogP contribution in [0.2, 0.25) is 0 Å². The average molecular weight is 339 g/mol. The summed E-state index contributed by atoms with van der Waals surface area (Å²) in [5.41, 5.74) is 0.865. The van der Waals surface area contributed by atoms with E-state index < -0.39 is 0 Å². The maximum atomic E-state index is 12.9. The van der Waals surface area contributed by atoms with Crippen LogP contribution in [0.4, 0.5) is 5.69 Å². The van der Waals surface area contributed by atoms with Crippen LogP contribution in [0.15, 0.2) is 47.8 Å². The molecule has 4 nitrogen and oxygen atoms in total. The maximum absolute atomic E-state index is 12.9. The normalized spacial score (nSPS) is 13.7. The molecule has 3 rings (SSSR count). The average Bonchev–Trinajstić information content (AvgIpc) is 3.33. The Bertz CT molecular complexity index is 689. The number of rotatable bonds is 8. The monoisotopic (exact) mass is 339 g/mol. The Labute approximate surface area is 146 Å². The lowest BCUT2D eigenvalue weighted by molar-refractivity contribution is -0.120. The van der Waals surface area contributed by atoms with Gasteiger partial charge >= 0.3 is 0 Å². The zero-order valence-corrected chi connectivity index (χ0v) is 14.4. The van der Waals surface area contributed by atoms with Gasteiger partial charge in [-0.15, -0.1) is 11.3 Å². The van der Waals surface area contributed by atoms with Crippen molar-refractivity contribution < 1.29 is 4.79 Å². The standard InChI is InChI=1S/C19H21N3OS/c20-11-5-12-22(17-6-2-1-3-7-17)19(23)15-21(16-9-10-16)14-18-8-4-13-24-18/h1-4,6-8,13,16H,5,9-10,12,14-15H2. The number of carbonyl (C=O) groups excluding carboxylic acids is 1. The van der Waals surface area contributed by atoms with Gasteiger partial charge in [0.1, 0.15) is 0 Å². The zero-order chi connectivity index (χ0) is 16.8. The molecule has 0 spiro atoms. The van der Waals surface area contributed by atoms with Gasteiger partial charge < -0.3 is 4.90 Å². The molecule has 1 aliphatic carbocycles. The van der Waals surface area contributed by atoms with Crippen LogP contribution in [0, 0.1) is 11.3 Å². The summed E-state index contributed by atoms with van der Waals surface area (Å²) in [6, 6.07) is 16.5. The lowest BCUT2D eigenvalue weighted by atomic mass is 10.2. The highest BCUT2D eigenvalue weighted by molar-refractivity contribution is 7.09. The van der Waals surface area contributed by atoms with Gasteiger partial charge in [-0.05, 0) is 36.4 Å². The van der Waals surface area contributed by atoms with Gasteiger partial charge in [-0.3, -0.25) is 9.69 Å². The highest BCUT2D eigenvalue weighted by Crippen LogP contribution is 2.29. The van der Waals surface area contributed by atoms with Crippen molar-refractivity contribution >= 4 is 22.9 Å². The van der Waals surface area contributed by atoms with E-state index in [1.807, 2.05) is 30.3 Å². The minimum absolute atomic E-state index is 0.0694. The van der Waals surface area contributed by atoms with Crippen molar-refractivity contribution in [2.24, 2.45) is 0 Å². The van der Waals surface area contributed by atoms with Gasteiger partial charge in [0.05, 0.1) is 19.0 Å². The fourth-order valence-electron chi connectivity index (χ4n) is 2.78. The van der Waals surface area contributed by atoms with Gasteiger partial charge in [-0.25, -0.2) is 0 Å². The Morgan fingerprint density at radius 1 is 1.21 bits per heavy atom. The van der Waals surface area contributed by atoms with Crippen LogP contribution in [0.25, 0.3) is 0 Å². The molecule has 0 saturated heterocycles. The number of hydrogen-bond acceptors (Lipinski definition) is 4. The van der Waals surface area contributed by atoms with Crippen LogP contribution >= 0.6 is 11.3 Å². The summed E-state index contributed by atoms with van der Waals surface area (Å²) in [4.78, 5) is 18.2. The van der Waals surface area contributed by atoms with Crippen LogP contribution in [0.3, 0.4) is 0 Å². The minimum Gasteiger partial charge on any atom is -0.310 e. The van der Waals surface area contributed by atoms with E-state index in [2.05, 4.69) is 28.5 Å². The molecule has 1 aliphatic rings. The van der Waals surface area contributed by atoms with Crippen LogP contribution in [-0.2, 0) is 11.3 Å². The van der Waals surface area contributed by atoms with Crippen LogP contribution in [-0.4, -0.2) is 29.9 Å². The second kappa shape index (κ2) is 8.09. The highest BCUT2D eigenvalue weighted by Gasteiger charge is 2.31. The Morgan fingerprint density at radius 2 is 2.00 bits per heavy atom. The number of anilines is 1. The summed E-state index contributed by atoms with van der Waals surface area (Å²) in [5, 5.41) is 11.0. The van der Waals surface area contributed by atoms with Crippen LogP contribution in [0.5, 0.6) is 0 Å². The molecular formula is C19H21N3OS. The van der Waals surface area contributed by atoms with Crippen molar-refractivity contribution in [1.82, 2.24) is 4.90 Å². The number of benzene rings is 1. The quantitative estimate of drug-likeness (QED) is 0.737. The van der Waals surface area contributed by atoms with Crippen LogP contribution in [0.1, 0.15) is 24.1 Å². The zero-order valence-electron chi connectivity index (χ0n) is 13.6. The minimum atomic E-state index is 0.0694. The number of nitrogens with zero attached hydrogens (tertiary/aromatic N) is 3. The number of nitriles is 1. The molecule has 24 heavy (non-hydrogen) atoms. The lowest BCUT2D eigenvalue weighted by Crippen LogP contribution is -2.41. The summed E-state index contributed by atoms with van der Waals surface area (Å²) < 4.78 is 0. The van der Waals surface area contributed by atoms with Crippen molar-refractivity contribution in [2.45, 2.75) is 31.8 Å². The number of thiophene rings is 1. The maximum Gasteiger partial charge on any atom is 0.241 e. The highest BCUT2D eigenvalue weighted by atomic mass is 32.1. The number of amides is 1. The third kappa shape index (κ3) is 4.44. The topological polar surface area (TPSA) is 47.3 Å². The van der Waals surface area contributed by atoms with Crippen molar-refractivity contribution in [2.75, 3.05) is 18.0 Å². The molecule has 0 aliphatic heterocycles. The molecule has 5 heteroatoms. The fraction of sp³-hybridized carbons (Fsp3) is 0.368. The summed E-state index contributed by atoms with van der Waals surface area (Å²) in [6.07, 6.45) is 2.68. The van der Waals surface area contributed by atoms with E-state index in [1.54, 1.807) is 16.2 Å². The first kappa shape index (κ1) is 16.7. The molecule has 1 amide bonds. The third-order valence-electron chi connectivity index (χ3n) is 4.16. The van der Waals surface area contributed by atoms with Crippen molar-refractivity contribution in [3.05, 3.63) is 52.7 Å². The molecule has 1 heterocycles. The largest absolute Gasteiger partial charge is 0.310 e. The summed E-state index contributed by atoms with van der Waals surface area (Å²) in [7, 11) is 0. The molecule has 124 valence electrons. The van der Waals surface area contributed by atoms with Gasteiger partial charge in [-0.1, -0.05) is 24.3 Å². The molecule has 1 fully saturated rings. The molecule has 1 saturated carbocycles. The van der Waals surface area contributed by atoms with Gasteiger partial charge in [-0.2, -0.15) is 5.26 Å². The second-order valence-corrected chi connectivity index (χ2v) is 7.04. The first-order valence-electron chi connectivity index (χ1n) is 8.26. The van der Waals surface area contributed by atoms with Gasteiger partial charge in [0.2, 0.25) is 5.91 Å². The molecule has 1 aromatic heterocycles. The number of carbonyl (C=O) groups is 1. The van der Waals surface area contributed by atoms with Crippen molar-refractivity contribution in [3.8, 4) is 6.07 Å². The molecule has 0 unspecified atom stereocenters. The predicted octanol–water partition coefficient (Wildman–Crippen LogP) is 3.66. The smallest absolute Gasteiger partial charge is 0.241 e. The third-order valence-corrected chi connectivity index (χ3v) is 5.02. The molecule has 0 bridgehead atoms. The molecule has 0 N–H and O–H groups in total. The Kier molecular flexibility index (Phi) is 5.63. The molecule has 0 atom stereocenters. The van der Waals surface area contributed by atoms with Gasteiger partial charge in [0, 0.05) is 29.7 Å². The summed E-state index contributed by atoms with van der Waals surface area (Å²) in [6.45, 7) is 1.68. The predicted molar refractivity (Wildman–Crippen MR) is 96.8 cm³/mol. The van der Waals surface area contributed by atoms with E-state index in [0.29, 0.717) is 25.6 Å². The Morgan fingerprint density at radius 3 is 2.62 bits per heavy atom. The van der Waals surface area contributed by atoms with Gasteiger partial charge in [0.25, 0.3) is 0 Å². The second-order valence-electron chi connectivity index (χ2n) is 6.00. The first-order valence-corrected chi connectivity index (χ1v) is 9.14. The van der Waals surface area contributed by atoms with E-state index in [0.717, 1.165) is 12.2 Å². The molecule has 1 aromatic carbocycles. The Hall–Kier alpha value is -2.16. The van der Waals surface area contributed by atoms with Crippen molar-refractivity contribution in [1.29, 1.82) is 5.26 Å². The SMILES string of the molecule is N#CCCN(C(=O)CN(Cc1cccs1)C1CC1)c1ccccc1. The van der Waals surface area contributed by atoms with Crippen LogP contribution < -0.4 is 4.90 Å². The molecule has 2 aromatic rings. The Balaban J connectivity index is 1.70. The van der Waals surface area contributed by atoms with E-state index >= 15 is 0 Å². The van der Waals surface area contributed by atoms with Crippen molar-refractivity contribution in [3.63, 3.8) is 0 Å². The molecule has 0 radical (unpaired) electrons. The van der Waals surface area contributed by atoms with E-state index in [-0.39, 0.29) is 5.91 Å². The van der Waals surface area contributed by atoms with E-state index in [1.165, 1.54) is 17.7 Å². The molecular weight excluding hydrogens is 318 g/mol. The van der Waals surface area contributed by atoms with E-state index in [4.69, 9.17) is 5.26 Å².